The van der Waals surface area contributed by atoms with Gasteiger partial charge in [0, 0.05) is 26.1 Å². The molecule has 6 heteroatoms. The summed E-state index contributed by atoms with van der Waals surface area (Å²) in [6.07, 6.45) is 7.99. The van der Waals surface area contributed by atoms with Crippen molar-refractivity contribution < 1.29 is 9.53 Å². The largest absolute Gasteiger partial charge is 0.381 e. The second-order valence-electron chi connectivity index (χ2n) is 6.14. The Balaban J connectivity index is 0.00000220. The number of rotatable bonds is 4. The molecule has 0 aromatic rings. The molecule has 1 heterocycles. The number of nitrogens with two attached hydrogens (primary N) is 1. The van der Waals surface area contributed by atoms with Crippen molar-refractivity contribution in [3.63, 3.8) is 0 Å². The summed E-state index contributed by atoms with van der Waals surface area (Å²) in [5, 5.41) is 12.2. The van der Waals surface area contributed by atoms with Gasteiger partial charge in [-0.3, -0.25) is 4.79 Å². The average molecular weight is 316 g/mol. The van der Waals surface area contributed by atoms with E-state index in [1.807, 2.05) is 0 Å². The van der Waals surface area contributed by atoms with Gasteiger partial charge in [0.1, 0.15) is 5.54 Å². The maximum absolute atomic E-state index is 12.2. The van der Waals surface area contributed by atoms with E-state index in [4.69, 9.17) is 10.5 Å². The van der Waals surface area contributed by atoms with Crippen molar-refractivity contribution in [2.45, 2.75) is 62.9 Å². The quantitative estimate of drug-likeness (QED) is 0.829. The number of ether oxygens (including phenoxy) is 1. The van der Waals surface area contributed by atoms with Crippen LogP contribution in [0, 0.1) is 17.2 Å². The maximum Gasteiger partial charge on any atom is 0.238 e. The molecule has 3 N–H and O–H groups in total. The van der Waals surface area contributed by atoms with Crippen LogP contribution in [0.1, 0.15) is 51.4 Å². The first kappa shape index (κ1) is 18.2. The summed E-state index contributed by atoms with van der Waals surface area (Å²) in [7, 11) is 0. The fourth-order valence-corrected chi connectivity index (χ4v) is 3.20. The van der Waals surface area contributed by atoms with E-state index >= 15 is 0 Å². The van der Waals surface area contributed by atoms with Crippen molar-refractivity contribution in [2.24, 2.45) is 11.7 Å². The standard InChI is InChI=1S/C15H25N3O2.ClH/c16-11-15(6-8-20-9-7-15)18-14(19)13(17)10-12-4-2-1-3-5-12;/h12-13H,1-10,17H2,(H,18,19);1H. The number of halogens is 1. The third kappa shape index (κ3) is 5.14. The van der Waals surface area contributed by atoms with Crippen molar-refractivity contribution in [3.05, 3.63) is 0 Å². The Morgan fingerprint density at radius 2 is 1.95 bits per heavy atom. The summed E-state index contributed by atoms with van der Waals surface area (Å²) in [4.78, 5) is 12.2. The predicted octanol–water partition coefficient (Wildman–Crippen LogP) is 1.89. The highest BCUT2D eigenvalue weighted by molar-refractivity contribution is 5.85. The highest BCUT2D eigenvalue weighted by Crippen LogP contribution is 2.27. The smallest absolute Gasteiger partial charge is 0.238 e. The molecule has 21 heavy (non-hydrogen) atoms. The third-order valence-corrected chi connectivity index (χ3v) is 4.57. The summed E-state index contributed by atoms with van der Waals surface area (Å²) in [6, 6.07) is 1.75. The number of nitrogens with one attached hydrogen (secondary N) is 1. The lowest BCUT2D eigenvalue weighted by atomic mass is 9.84. The van der Waals surface area contributed by atoms with E-state index < -0.39 is 11.6 Å². The molecular formula is C15H26ClN3O2. The Morgan fingerprint density at radius 3 is 2.52 bits per heavy atom. The second kappa shape index (κ2) is 8.57. The highest BCUT2D eigenvalue weighted by atomic mass is 35.5. The van der Waals surface area contributed by atoms with Gasteiger partial charge in [0.25, 0.3) is 0 Å². The van der Waals surface area contributed by atoms with Crippen LogP contribution in [0.5, 0.6) is 0 Å². The van der Waals surface area contributed by atoms with Gasteiger partial charge in [-0.25, -0.2) is 0 Å². The van der Waals surface area contributed by atoms with Gasteiger partial charge in [-0.15, -0.1) is 12.4 Å². The summed E-state index contributed by atoms with van der Waals surface area (Å²) in [5.74, 6) is 0.385. The summed E-state index contributed by atoms with van der Waals surface area (Å²) < 4.78 is 5.26. The van der Waals surface area contributed by atoms with E-state index in [9.17, 15) is 10.1 Å². The van der Waals surface area contributed by atoms with Crippen molar-refractivity contribution >= 4 is 18.3 Å². The highest BCUT2D eigenvalue weighted by Gasteiger charge is 2.35. The second-order valence-corrected chi connectivity index (χ2v) is 6.14. The van der Waals surface area contributed by atoms with E-state index in [-0.39, 0.29) is 18.3 Å². The zero-order valence-electron chi connectivity index (χ0n) is 12.5. The molecule has 1 aliphatic carbocycles. The van der Waals surface area contributed by atoms with Gasteiger partial charge in [0.15, 0.2) is 0 Å². The molecule has 1 atom stereocenters. The minimum absolute atomic E-state index is 0. The molecule has 2 aliphatic rings. The normalized spacial score (nSPS) is 23.4. The number of carbonyl (C=O) groups is 1. The van der Waals surface area contributed by atoms with Crippen LogP contribution >= 0.6 is 12.4 Å². The van der Waals surface area contributed by atoms with Crippen molar-refractivity contribution in [1.29, 1.82) is 5.26 Å². The van der Waals surface area contributed by atoms with Gasteiger partial charge in [-0.05, 0) is 12.3 Å². The maximum atomic E-state index is 12.2. The zero-order valence-corrected chi connectivity index (χ0v) is 13.3. The Labute approximate surface area is 133 Å². The van der Waals surface area contributed by atoms with Gasteiger partial charge >= 0.3 is 0 Å². The minimum atomic E-state index is -0.778. The zero-order chi connectivity index (χ0) is 14.4. The Kier molecular flexibility index (Phi) is 7.44. The minimum Gasteiger partial charge on any atom is -0.381 e. The van der Waals surface area contributed by atoms with Gasteiger partial charge in [-0.1, -0.05) is 32.1 Å². The molecule has 1 aliphatic heterocycles. The van der Waals surface area contributed by atoms with Crippen molar-refractivity contribution in [1.82, 2.24) is 5.32 Å². The monoisotopic (exact) mass is 315 g/mol. The molecule has 1 unspecified atom stereocenters. The Bertz CT molecular complexity index is 372. The van der Waals surface area contributed by atoms with Gasteiger partial charge in [0.2, 0.25) is 5.91 Å². The predicted molar refractivity (Wildman–Crippen MR) is 83.0 cm³/mol. The molecule has 0 spiro atoms. The van der Waals surface area contributed by atoms with Gasteiger partial charge in [0.05, 0.1) is 12.1 Å². The molecule has 1 saturated carbocycles. The topological polar surface area (TPSA) is 88.1 Å². The molecule has 0 bridgehead atoms. The van der Waals surface area contributed by atoms with Gasteiger partial charge < -0.3 is 15.8 Å². The average Bonchev–Trinajstić information content (AvgIpc) is 2.49. The fraction of sp³-hybridized carbons (Fsp3) is 0.867. The Hall–Kier alpha value is -0.830. The number of nitriles is 1. The van der Waals surface area contributed by atoms with Crippen LogP contribution < -0.4 is 11.1 Å². The molecule has 2 fully saturated rings. The summed E-state index contributed by atoms with van der Waals surface area (Å²) >= 11 is 0. The molecule has 2 rings (SSSR count). The van der Waals surface area contributed by atoms with Crippen LogP contribution in [0.2, 0.25) is 0 Å². The molecule has 0 aromatic heterocycles. The van der Waals surface area contributed by atoms with Crippen LogP contribution in [0.3, 0.4) is 0 Å². The molecule has 5 nitrogen and oxygen atoms in total. The van der Waals surface area contributed by atoms with Crippen molar-refractivity contribution in [3.8, 4) is 6.07 Å². The number of amides is 1. The molecule has 0 aromatic carbocycles. The number of hydrogen-bond acceptors (Lipinski definition) is 4. The van der Waals surface area contributed by atoms with Crippen LogP contribution in [-0.2, 0) is 9.53 Å². The summed E-state index contributed by atoms with van der Waals surface area (Å²) in [5.41, 5.74) is 5.25. The fourth-order valence-electron chi connectivity index (χ4n) is 3.20. The van der Waals surface area contributed by atoms with Crippen molar-refractivity contribution in [2.75, 3.05) is 13.2 Å². The van der Waals surface area contributed by atoms with E-state index in [0.29, 0.717) is 32.0 Å². The van der Waals surface area contributed by atoms with Crippen LogP contribution in [-0.4, -0.2) is 30.7 Å². The van der Waals surface area contributed by atoms with E-state index in [1.54, 1.807) is 0 Å². The SMILES string of the molecule is Cl.N#CC1(NC(=O)C(N)CC2CCCCC2)CCOCC1. The van der Waals surface area contributed by atoms with Crippen LogP contribution in [0.25, 0.3) is 0 Å². The lowest BCUT2D eigenvalue weighted by molar-refractivity contribution is -0.125. The molecule has 120 valence electrons. The van der Waals surface area contributed by atoms with E-state index in [2.05, 4.69) is 11.4 Å². The van der Waals surface area contributed by atoms with E-state index in [1.165, 1.54) is 32.1 Å². The van der Waals surface area contributed by atoms with Gasteiger partial charge in [-0.2, -0.15) is 5.26 Å². The molecule has 0 radical (unpaired) electrons. The first-order valence-corrected chi connectivity index (χ1v) is 7.72. The molecule has 1 saturated heterocycles. The lowest BCUT2D eigenvalue weighted by Gasteiger charge is -2.33. The Morgan fingerprint density at radius 1 is 1.33 bits per heavy atom. The number of carbonyl (C=O) groups excluding carboxylic acids is 1. The first-order valence-electron chi connectivity index (χ1n) is 7.72. The first-order chi connectivity index (χ1) is 9.65. The van der Waals surface area contributed by atoms with Crippen LogP contribution in [0.15, 0.2) is 0 Å². The molecule has 1 amide bonds. The summed E-state index contributed by atoms with van der Waals surface area (Å²) in [6.45, 7) is 1.04. The van der Waals surface area contributed by atoms with Crippen LogP contribution in [0.4, 0.5) is 0 Å². The number of nitrogens with zero attached hydrogens (tertiary/aromatic N) is 1. The van der Waals surface area contributed by atoms with E-state index in [0.717, 1.165) is 6.42 Å². The third-order valence-electron chi connectivity index (χ3n) is 4.57. The number of hydrogen-bond donors (Lipinski definition) is 2. The molecular weight excluding hydrogens is 290 g/mol. The lowest BCUT2D eigenvalue weighted by Crippen LogP contribution is -2.55.